The Kier molecular flexibility index (Phi) is 8.15. The minimum Gasteiger partial charge on any atom is -0.355 e. The highest BCUT2D eigenvalue weighted by Crippen LogP contribution is 2.29. The standard InChI is InChI=1S/C16H33N3O/c1-4-13(2)19(3)10-9-18-16(20)11-14-5-7-15(12-17)8-6-14/h13-15H,4-12,17H2,1-3H3,(H,18,20). The predicted octanol–water partition coefficient (Wildman–Crippen LogP) is 1.99. The number of carbonyl (C=O) groups is 1. The molecular weight excluding hydrogens is 250 g/mol. The van der Waals surface area contributed by atoms with Gasteiger partial charge in [0.1, 0.15) is 0 Å². The minimum absolute atomic E-state index is 0.221. The molecule has 1 atom stereocenters. The molecule has 3 N–H and O–H groups in total. The number of nitrogens with two attached hydrogens (primary N) is 1. The topological polar surface area (TPSA) is 58.4 Å². The number of nitrogens with one attached hydrogen (secondary N) is 1. The summed E-state index contributed by atoms with van der Waals surface area (Å²) in [5.41, 5.74) is 5.70. The highest BCUT2D eigenvalue weighted by atomic mass is 16.1. The van der Waals surface area contributed by atoms with E-state index in [4.69, 9.17) is 5.73 Å². The van der Waals surface area contributed by atoms with Gasteiger partial charge in [0.05, 0.1) is 0 Å². The number of amides is 1. The van der Waals surface area contributed by atoms with Gasteiger partial charge in [0, 0.05) is 25.6 Å². The molecule has 1 aliphatic rings. The molecule has 1 amide bonds. The van der Waals surface area contributed by atoms with Crippen molar-refractivity contribution in [3.63, 3.8) is 0 Å². The zero-order valence-electron chi connectivity index (χ0n) is 13.5. The van der Waals surface area contributed by atoms with Crippen molar-refractivity contribution in [2.75, 3.05) is 26.7 Å². The van der Waals surface area contributed by atoms with E-state index >= 15 is 0 Å². The van der Waals surface area contributed by atoms with Crippen LogP contribution >= 0.6 is 0 Å². The van der Waals surface area contributed by atoms with Crippen LogP contribution in [0, 0.1) is 11.8 Å². The van der Waals surface area contributed by atoms with Gasteiger partial charge in [0.2, 0.25) is 5.91 Å². The lowest BCUT2D eigenvalue weighted by atomic mass is 9.80. The molecule has 20 heavy (non-hydrogen) atoms. The average Bonchev–Trinajstić information content (AvgIpc) is 2.47. The summed E-state index contributed by atoms with van der Waals surface area (Å²) in [6, 6.07) is 0.582. The van der Waals surface area contributed by atoms with Crippen molar-refractivity contribution in [3.8, 4) is 0 Å². The lowest BCUT2D eigenvalue weighted by molar-refractivity contribution is -0.122. The van der Waals surface area contributed by atoms with E-state index in [9.17, 15) is 4.79 Å². The highest BCUT2D eigenvalue weighted by molar-refractivity contribution is 5.76. The molecule has 1 rings (SSSR count). The van der Waals surface area contributed by atoms with Gasteiger partial charge in [0.15, 0.2) is 0 Å². The average molecular weight is 283 g/mol. The van der Waals surface area contributed by atoms with Gasteiger partial charge in [0.25, 0.3) is 0 Å². The first kappa shape index (κ1) is 17.4. The second-order valence-electron chi connectivity index (χ2n) is 6.41. The molecule has 0 aromatic rings. The quantitative estimate of drug-likeness (QED) is 0.716. The Morgan fingerprint density at radius 2 is 1.90 bits per heavy atom. The van der Waals surface area contributed by atoms with E-state index in [2.05, 4.69) is 31.1 Å². The molecule has 4 heteroatoms. The maximum Gasteiger partial charge on any atom is 0.220 e. The molecule has 0 aromatic carbocycles. The van der Waals surface area contributed by atoms with Crippen molar-refractivity contribution in [1.29, 1.82) is 0 Å². The highest BCUT2D eigenvalue weighted by Gasteiger charge is 2.22. The van der Waals surface area contributed by atoms with Gasteiger partial charge in [-0.3, -0.25) is 4.79 Å². The van der Waals surface area contributed by atoms with Crippen LogP contribution in [0.1, 0.15) is 52.4 Å². The first-order valence-corrected chi connectivity index (χ1v) is 8.23. The fourth-order valence-electron chi connectivity index (χ4n) is 2.91. The third-order valence-electron chi connectivity index (χ3n) is 4.90. The molecule has 4 nitrogen and oxygen atoms in total. The van der Waals surface area contributed by atoms with E-state index in [0.29, 0.717) is 24.3 Å². The summed E-state index contributed by atoms with van der Waals surface area (Å²) in [6.07, 6.45) is 6.58. The number of hydrogen-bond donors (Lipinski definition) is 2. The summed E-state index contributed by atoms with van der Waals surface area (Å²) >= 11 is 0. The third-order valence-corrected chi connectivity index (χ3v) is 4.90. The van der Waals surface area contributed by atoms with Crippen molar-refractivity contribution in [2.24, 2.45) is 17.6 Å². The monoisotopic (exact) mass is 283 g/mol. The fraction of sp³-hybridized carbons (Fsp3) is 0.938. The Morgan fingerprint density at radius 3 is 2.45 bits per heavy atom. The molecule has 118 valence electrons. The second-order valence-corrected chi connectivity index (χ2v) is 6.41. The van der Waals surface area contributed by atoms with Gasteiger partial charge in [-0.1, -0.05) is 6.92 Å². The Labute approximate surface area is 124 Å². The van der Waals surface area contributed by atoms with E-state index in [1.807, 2.05) is 0 Å². The molecule has 0 aromatic heterocycles. The van der Waals surface area contributed by atoms with Crippen LogP contribution in [0.4, 0.5) is 0 Å². The third kappa shape index (κ3) is 6.23. The smallest absolute Gasteiger partial charge is 0.220 e. The van der Waals surface area contributed by atoms with E-state index in [1.165, 1.54) is 25.7 Å². The van der Waals surface area contributed by atoms with Crippen LogP contribution in [0.3, 0.4) is 0 Å². The van der Waals surface area contributed by atoms with Crippen LogP contribution in [-0.4, -0.2) is 43.5 Å². The van der Waals surface area contributed by atoms with E-state index in [-0.39, 0.29) is 5.91 Å². The molecule has 1 fully saturated rings. The molecule has 0 saturated heterocycles. The maximum atomic E-state index is 11.9. The van der Waals surface area contributed by atoms with Crippen molar-refractivity contribution in [3.05, 3.63) is 0 Å². The molecule has 0 spiro atoms. The summed E-state index contributed by atoms with van der Waals surface area (Å²) < 4.78 is 0. The number of rotatable bonds is 8. The molecule has 0 heterocycles. The SMILES string of the molecule is CCC(C)N(C)CCNC(=O)CC1CCC(CN)CC1. The van der Waals surface area contributed by atoms with Crippen molar-refractivity contribution >= 4 is 5.91 Å². The number of likely N-dealkylation sites (N-methyl/N-ethyl adjacent to an activating group) is 1. The molecule has 0 aliphatic heterocycles. The molecule has 0 radical (unpaired) electrons. The fourth-order valence-corrected chi connectivity index (χ4v) is 2.91. The van der Waals surface area contributed by atoms with E-state index in [0.717, 1.165) is 26.1 Å². The summed E-state index contributed by atoms with van der Waals surface area (Å²) in [5, 5.41) is 3.06. The van der Waals surface area contributed by atoms with Gasteiger partial charge in [-0.2, -0.15) is 0 Å². The van der Waals surface area contributed by atoms with Crippen LogP contribution < -0.4 is 11.1 Å². The molecule has 1 aliphatic carbocycles. The zero-order chi connectivity index (χ0) is 15.0. The molecular formula is C16H33N3O. The molecule has 1 unspecified atom stereocenters. The van der Waals surface area contributed by atoms with Crippen molar-refractivity contribution in [2.45, 2.75) is 58.4 Å². The molecule has 0 bridgehead atoms. The zero-order valence-corrected chi connectivity index (χ0v) is 13.5. The lowest BCUT2D eigenvalue weighted by Crippen LogP contribution is -2.37. The normalized spacial score (nSPS) is 24.6. The van der Waals surface area contributed by atoms with Gasteiger partial charge in [-0.15, -0.1) is 0 Å². The first-order valence-electron chi connectivity index (χ1n) is 8.23. The summed E-state index contributed by atoms with van der Waals surface area (Å²) in [4.78, 5) is 14.2. The number of nitrogens with zero attached hydrogens (tertiary/aromatic N) is 1. The van der Waals surface area contributed by atoms with Gasteiger partial charge in [-0.05, 0) is 64.5 Å². The Morgan fingerprint density at radius 1 is 1.30 bits per heavy atom. The van der Waals surface area contributed by atoms with Crippen LogP contribution in [-0.2, 0) is 4.79 Å². The lowest BCUT2D eigenvalue weighted by Gasteiger charge is -2.27. The Bertz CT molecular complexity index is 275. The van der Waals surface area contributed by atoms with Crippen LogP contribution in [0.25, 0.3) is 0 Å². The van der Waals surface area contributed by atoms with Crippen molar-refractivity contribution < 1.29 is 4.79 Å². The van der Waals surface area contributed by atoms with E-state index in [1.54, 1.807) is 0 Å². The van der Waals surface area contributed by atoms with Crippen LogP contribution in [0.5, 0.6) is 0 Å². The largest absolute Gasteiger partial charge is 0.355 e. The summed E-state index contributed by atoms with van der Waals surface area (Å²) in [6.45, 7) is 6.91. The maximum absolute atomic E-state index is 11.9. The Balaban J connectivity index is 2.12. The number of hydrogen-bond acceptors (Lipinski definition) is 3. The van der Waals surface area contributed by atoms with Crippen LogP contribution in [0.2, 0.25) is 0 Å². The van der Waals surface area contributed by atoms with Gasteiger partial charge < -0.3 is 16.0 Å². The summed E-state index contributed by atoms with van der Waals surface area (Å²) in [5.74, 6) is 1.49. The van der Waals surface area contributed by atoms with Gasteiger partial charge in [-0.25, -0.2) is 0 Å². The van der Waals surface area contributed by atoms with Crippen molar-refractivity contribution in [1.82, 2.24) is 10.2 Å². The predicted molar refractivity (Wildman–Crippen MR) is 84.5 cm³/mol. The van der Waals surface area contributed by atoms with E-state index < -0.39 is 0 Å². The number of carbonyl (C=O) groups excluding carboxylic acids is 1. The summed E-state index contributed by atoms with van der Waals surface area (Å²) in [7, 11) is 2.12. The minimum atomic E-state index is 0.221. The van der Waals surface area contributed by atoms with Crippen LogP contribution in [0.15, 0.2) is 0 Å². The Hall–Kier alpha value is -0.610. The second kappa shape index (κ2) is 9.35. The first-order chi connectivity index (χ1) is 9.56. The van der Waals surface area contributed by atoms with Gasteiger partial charge >= 0.3 is 0 Å². The molecule has 1 saturated carbocycles.